The van der Waals surface area contributed by atoms with Gasteiger partial charge in [0.05, 0.1) is 0 Å². The van der Waals surface area contributed by atoms with Crippen molar-refractivity contribution in [1.82, 2.24) is 10.2 Å². The summed E-state index contributed by atoms with van der Waals surface area (Å²) in [4.78, 5) is 14.9. The van der Waals surface area contributed by atoms with Crippen molar-refractivity contribution in [2.75, 3.05) is 19.6 Å². The number of hydrogen-bond donors (Lipinski definition) is 1. The van der Waals surface area contributed by atoms with Gasteiger partial charge < -0.3 is 10.2 Å². The molecule has 1 aliphatic rings. The average Bonchev–Trinajstić information content (AvgIpc) is 2.99. The molecule has 0 saturated carbocycles. The van der Waals surface area contributed by atoms with Gasteiger partial charge in [0, 0.05) is 25.6 Å². The van der Waals surface area contributed by atoms with Gasteiger partial charge in [-0.3, -0.25) is 4.79 Å². The van der Waals surface area contributed by atoms with Gasteiger partial charge in [-0.05, 0) is 30.4 Å². The van der Waals surface area contributed by atoms with E-state index in [0.717, 1.165) is 32.5 Å². The molecule has 116 valence electrons. The predicted molar refractivity (Wildman–Crippen MR) is 87.4 cm³/mol. The first-order valence-electron chi connectivity index (χ1n) is 8.10. The van der Waals surface area contributed by atoms with Crippen LogP contribution in [0.1, 0.15) is 45.6 Å². The second-order valence-corrected chi connectivity index (χ2v) is 6.66. The molecular formula is C18H28N2O. The lowest BCUT2D eigenvalue weighted by Gasteiger charge is -2.32. The highest BCUT2D eigenvalue weighted by atomic mass is 16.2. The summed E-state index contributed by atoms with van der Waals surface area (Å²) in [6.45, 7) is 9.31. The van der Waals surface area contributed by atoms with Crippen LogP contribution in [0.4, 0.5) is 0 Å². The molecule has 3 nitrogen and oxygen atoms in total. The predicted octanol–water partition coefficient (Wildman–Crippen LogP) is 2.95. The van der Waals surface area contributed by atoms with Gasteiger partial charge in [0.15, 0.2) is 0 Å². The van der Waals surface area contributed by atoms with E-state index in [1.165, 1.54) is 5.56 Å². The minimum absolute atomic E-state index is 0.115. The molecule has 1 atom stereocenters. The van der Waals surface area contributed by atoms with Crippen LogP contribution in [0.15, 0.2) is 30.3 Å². The van der Waals surface area contributed by atoms with E-state index >= 15 is 0 Å². The fourth-order valence-electron chi connectivity index (χ4n) is 3.13. The Morgan fingerprint density at radius 1 is 1.33 bits per heavy atom. The van der Waals surface area contributed by atoms with Crippen LogP contribution in [0, 0.1) is 0 Å². The molecule has 1 heterocycles. The highest BCUT2D eigenvalue weighted by Crippen LogP contribution is 2.28. The van der Waals surface area contributed by atoms with Crippen molar-refractivity contribution < 1.29 is 4.79 Å². The van der Waals surface area contributed by atoms with E-state index < -0.39 is 0 Å². The lowest BCUT2D eigenvalue weighted by molar-refractivity contribution is -0.134. The molecule has 0 spiro atoms. The number of amides is 1. The lowest BCUT2D eigenvalue weighted by atomic mass is 9.81. The first-order chi connectivity index (χ1) is 10.0. The van der Waals surface area contributed by atoms with Crippen molar-refractivity contribution in [3.63, 3.8) is 0 Å². The SMILES string of the molecule is CCCN(C(=O)CC(C)(C)c1ccccc1)C1CCNC1. The van der Waals surface area contributed by atoms with Crippen LogP contribution in [0.2, 0.25) is 0 Å². The van der Waals surface area contributed by atoms with Crippen LogP contribution >= 0.6 is 0 Å². The van der Waals surface area contributed by atoms with Crippen molar-refractivity contribution in [3.8, 4) is 0 Å². The fraction of sp³-hybridized carbons (Fsp3) is 0.611. The Balaban J connectivity index is 2.07. The third-order valence-electron chi connectivity index (χ3n) is 4.41. The summed E-state index contributed by atoms with van der Waals surface area (Å²) in [5.74, 6) is 0.291. The molecule has 1 saturated heterocycles. The van der Waals surface area contributed by atoms with Crippen LogP contribution < -0.4 is 5.32 Å². The van der Waals surface area contributed by atoms with E-state index in [1.807, 2.05) is 18.2 Å². The number of nitrogens with one attached hydrogen (secondary N) is 1. The molecule has 3 heteroatoms. The molecule has 0 aliphatic carbocycles. The second kappa shape index (κ2) is 7.08. The molecule has 1 N–H and O–H groups in total. The van der Waals surface area contributed by atoms with E-state index in [0.29, 0.717) is 18.4 Å². The topological polar surface area (TPSA) is 32.3 Å². The largest absolute Gasteiger partial charge is 0.338 e. The molecular weight excluding hydrogens is 260 g/mol. The molecule has 21 heavy (non-hydrogen) atoms. The Bertz CT molecular complexity index is 450. The number of benzene rings is 1. The van der Waals surface area contributed by atoms with Gasteiger partial charge in [-0.2, -0.15) is 0 Å². The Kier molecular flexibility index (Phi) is 5.40. The van der Waals surface area contributed by atoms with Crippen molar-refractivity contribution in [2.45, 2.75) is 51.5 Å². The molecule has 0 aromatic heterocycles. The van der Waals surface area contributed by atoms with Gasteiger partial charge in [-0.15, -0.1) is 0 Å². The van der Waals surface area contributed by atoms with E-state index in [9.17, 15) is 4.79 Å². The Labute approximate surface area is 128 Å². The maximum atomic E-state index is 12.8. The number of carbonyl (C=O) groups excluding carboxylic acids is 1. The zero-order chi connectivity index (χ0) is 15.3. The molecule has 0 radical (unpaired) electrons. The molecule has 1 unspecified atom stereocenters. The number of hydrogen-bond acceptors (Lipinski definition) is 2. The molecule has 2 rings (SSSR count). The zero-order valence-electron chi connectivity index (χ0n) is 13.6. The van der Waals surface area contributed by atoms with E-state index in [1.54, 1.807) is 0 Å². The first-order valence-corrected chi connectivity index (χ1v) is 8.10. The summed E-state index contributed by atoms with van der Waals surface area (Å²) in [5.41, 5.74) is 1.12. The summed E-state index contributed by atoms with van der Waals surface area (Å²) in [6.07, 6.45) is 2.68. The standard InChI is InChI=1S/C18H28N2O/c1-4-12-20(16-10-11-19-14-16)17(21)13-18(2,3)15-8-6-5-7-9-15/h5-9,16,19H,4,10-14H2,1-3H3. The van der Waals surface area contributed by atoms with Crippen molar-refractivity contribution >= 4 is 5.91 Å². The molecule has 1 amide bonds. The smallest absolute Gasteiger partial charge is 0.223 e. The average molecular weight is 288 g/mol. The minimum atomic E-state index is -0.115. The Morgan fingerprint density at radius 3 is 2.62 bits per heavy atom. The van der Waals surface area contributed by atoms with Crippen LogP contribution in [0.25, 0.3) is 0 Å². The molecule has 1 aromatic carbocycles. The molecule has 1 aromatic rings. The summed E-state index contributed by atoms with van der Waals surface area (Å²) >= 11 is 0. The number of nitrogens with zero attached hydrogens (tertiary/aromatic N) is 1. The number of rotatable bonds is 6. The van der Waals surface area contributed by atoms with Gasteiger partial charge >= 0.3 is 0 Å². The van der Waals surface area contributed by atoms with Gasteiger partial charge in [0.25, 0.3) is 0 Å². The van der Waals surface area contributed by atoms with Gasteiger partial charge in [-0.25, -0.2) is 0 Å². The first kappa shape index (κ1) is 16.0. The fourth-order valence-corrected chi connectivity index (χ4v) is 3.13. The maximum absolute atomic E-state index is 12.8. The van der Waals surface area contributed by atoms with Crippen molar-refractivity contribution in [1.29, 1.82) is 0 Å². The summed E-state index contributed by atoms with van der Waals surface area (Å²) in [6, 6.07) is 10.7. The van der Waals surface area contributed by atoms with E-state index in [4.69, 9.17) is 0 Å². The van der Waals surface area contributed by atoms with Crippen LogP contribution in [0.5, 0.6) is 0 Å². The van der Waals surface area contributed by atoms with E-state index in [2.05, 4.69) is 43.1 Å². The molecule has 0 bridgehead atoms. The highest BCUT2D eigenvalue weighted by molar-refractivity contribution is 5.78. The Morgan fingerprint density at radius 2 is 2.05 bits per heavy atom. The van der Waals surface area contributed by atoms with Crippen molar-refractivity contribution in [3.05, 3.63) is 35.9 Å². The summed E-state index contributed by atoms with van der Waals surface area (Å²) in [7, 11) is 0. The molecule has 1 fully saturated rings. The third kappa shape index (κ3) is 4.07. The maximum Gasteiger partial charge on any atom is 0.223 e. The second-order valence-electron chi connectivity index (χ2n) is 6.66. The van der Waals surface area contributed by atoms with Gasteiger partial charge in [-0.1, -0.05) is 51.1 Å². The van der Waals surface area contributed by atoms with Crippen LogP contribution in [0.3, 0.4) is 0 Å². The summed E-state index contributed by atoms with van der Waals surface area (Å²) in [5, 5.41) is 3.37. The third-order valence-corrected chi connectivity index (χ3v) is 4.41. The minimum Gasteiger partial charge on any atom is -0.338 e. The quantitative estimate of drug-likeness (QED) is 0.873. The number of carbonyl (C=O) groups is 1. The van der Waals surface area contributed by atoms with Gasteiger partial charge in [0.1, 0.15) is 0 Å². The Hall–Kier alpha value is -1.35. The van der Waals surface area contributed by atoms with E-state index in [-0.39, 0.29) is 5.41 Å². The zero-order valence-corrected chi connectivity index (χ0v) is 13.6. The monoisotopic (exact) mass is 288 g/mol. The normalized spacial score (nSPS) is 18.7. The van der Waals surface area contributed by atoms with Crippen molar-refractivity contribution in [2.24, 2.45) is 0 Å². The lowest BCUT2D eigenvalue weighted by Crippen LogP contribution is -2.44. The van der Waals surface area contributed by atoms with Gasteiger partial charge in [0.2, 0.25) is 5.91 Å². The van der Waals surface area contributed by atoms with Crippen LogP contribution in [-0.4, -0.2) is 36.5 Å². The molecule has 1 aliphatic heterocycles. The highest BCUT2D eigenvalue weighted by Gasteiger charge is 2.31. The van der Waals surface area contributed by atoms with Crippen LogP contribution in [-0.2, 0) is 10.2 Å². The summed E-state index contributed by atoms with van der Waals surface area (Å²) < 4.78 is 0.